The number of hydrogen-bond donors (Lipinski definition) is 1. The van der Waals surface area contributed by atoms with Crippen molar-refractivity contribution in [3.8, 4) is 11.6 Å². The highest BCUT2D eigenvalue weighted by atomic mass is 79.9. The first-order valence-electron chi connectivity index (χ1n) is 5.31. The van der Waals surface area contributed by atoms with Gasteiger partial charge in [0.2, 0.25) is 5.88 Å². The Labute approximate surface area is 109 Å². The lowest BCUT2D eigenvalue weighted by Crippen LogP contribution is -2.05. The number of pyridine rings is 1. The highest BCUT2D eigenvalue weighted by Gasteiger charge is 2.00. The predicted molar refractivity (Wildman–Crippen MR) is 71.2 cm³/mol. The Kier molecular flexibility index (Phi) is 4.12. The molecule has 1 heterocycles. The van der Waals surface area contributed by atoms with Gasteiger partial charge < -0.3 is 10.1 Å². The van der Waals surface area contributed by atoms with Crippen molar-refractivity contribution in [3.05, 3.63) is 52.6 Å². The van der Waals surface area contributed by atoms with E-state index in [1.54, 1.807) is 6.20 Å². The van der Waals surface area contributed by atoms with Crippen LogP contribution in [-0.4, -0.2) is 12.0 Å². The molecule has 0 bridgehead atoms. The number of ether oxygens (including phenoxy) is 1. The van der Waals surface area contributed by atoms with E-state index < -0.39 is 0 Å². The second kappa shape index (κ2) is 5.80. The second-order valence-corrected chi connectivity index (χ2v) is 4.51. The van der Waals surface area contributed by atoms with Gasteiger partial charge in [-0.3, -0.25) is 0 Å². The van der Waals surface area contributed by atoms with Crippen molar-refractivity contribution in [1.82, 2.24) is 10.3 Å². The second-order valence-electron chi connectivity index (χ2n) is 3.59. The molecule has 2 rings (SSSR count). The molecule has 0 atom stereocenters. The first kappa shape index (κ1) is 12.1. The monoisotopic (exact) mass is 292 g/mol. The van der Waals surface area contributed by atoms with Gasteiger partial charge in [0.05, 0.1) is 0 Å². The van der Waals surface area contributed by atoms with Crippen molar-refractivity contribution in [2.24, 2.45) is 0 Å². The summed E-state index contributed by atoms with van der Waals surface area (Å²) < 4.78 is 6.66. The molecule has 0 amide bonds. The molecule has 0 saturated heterocycles. The Hall–Kier alpha value is -1.39. The van der Waals surface area contributed by atoms with Crippen LogP contribution in [0.1, 0.15) is 5.56 Å². The van der Waals surface area contributed by atoms with E-state index in [2.05, 4.69) is 26.2 Å². The van der Waals surface area contributed by atoms with Crippen LogP contribution in [0.5, 0.6) is 11.6 Å². The van der Waals surface area contributed by atoms with Gasteiger partial charge in [-0.05, 0) is 36.9 Å². The molecule has 2 aromatic rings. The van der Waals surface area contributed by atoms with Crippen LogP contribution in [0.3, 0.4) is 0 Å². The molecule has 0 aliphatic rings. The summed E-state index contributed by atoms with van der Waals surface area (Å²) >= 11 is 3.40. The zero-order valence-electron chi connectivity index (χ0n) is 9.48. The highest BCUT2D eigenvalue weighted by molar-refractivity contribution is 9.10. The molecule has 3 nitrogen and oxygen atoms in total. The Balaban J connectivity index is 2.15. The van der Waals surface area contributed by atoms with E-state index in [0.29, 0.717) is 5.88 Å². The summed E-state index contributed by atoms with van der Waals surface area (Å²) in [5.41, 5.74) is 1.15. The SMILES string of the molecule is CNCc1ccnc(Oc2cccc(Br)c2)c1. The fourth-order valence-electron chi connectivity index (χ4n) is 1.47. The topological polar surface area (TPSA) is 34.2 Å². The van der Waals surface area contributed by atoms with Crippen molar-refractivity contribution >= 4 is 15.9 Å². The molecular formula is C13H13BrN2O. The minimum absolute atomic E-state index is 0.607. The van der Waals surface area contributed by atoms with E-state index in [4.69, 9.17) is 4.74 Å². The Morgan fingerprint density at radius 3 is 2.94 bits per heavy atom. The molecule has 0 radical (unpaired) electrons. The van der Waals surface area contributed by atoms with Crippen molar-refractivity contribution in [3.63, 3.8) is 0 Å². The van der Waals surface area contributed by atoms with Crippen LogP contribution >= 0.6 is 15.9 Å². The van der Waals surface area contributed by atoms with E-state index in [-0.39, 0.29) is 0 Å². The molecule has 1 N–H and O–H groups in total. The van der Waals surface area contributed by atoms with Crippen molar-refractivity contribution in [2.45, 2.75) is 6.54 Å². The summed E-state index contributed by atoms with van der Waals surface area (Å²) in [5, 5.41) is 3.09. The molecule has 0 spiro atoms. The van der Waals surface area contributed by atoms with Gasteiger partial charge in [0.1, 0.15) is 5.75 Å². The minimum Gasteiger partial charge on any atom is -0.439 e. The van der Waals surface area contributed by atoms with Gasteiger partial charge >= 0.3 is 0 Å². The molecule has 0 unspecified atom stereocenters. The van der Waals surface area contributed by atoms with Crippen LogP contribution in [0.4, 0.5) is 0 Å². The predicted octanol–water partition coefficient (Wildman–Crippen LogP) is 3.36. The molecule has 88 valence electrons. The number of hydrogen-bond acceptors (Lipinski definition) is 3. The molecule has 1 aromatic carbocycles. The minimum atomic E-state index is 0.607. The number of rotatable bonds is 4. The average Bonchev–Trinajstić information content (AvgIpc) is 2.30. The lowest BCUT2D eigenvalue weighted by molar-refractivity contribution is 0.461. The van der Waals surface area contributed by atoms with Crippen LogP contribution < -0.4 is 10.1 Å². The standard InChI is InChI=1S/C13H13BrN2O/c1-15-9-10-5-6-16-13(7-10)17-12-4-2-3-11(14)8-12/h2-8,15H,9H2,1H3. The van der Waals surface area contributed by atoms with Crippen molar-refractivity contribution < 1.29 is 4.74 Å². The van der Waals surface area contributed by atoms with Crippen molar-refractivity contribution in [2.75, 3.05) is 7.05 Å². The van der Waals surface area contributed by atoms with E-state index in [1.807, 2.05) is 43.4 Å². The summed E-state index contributed by atoms with van der Waals surface area (Å²) in [6.07, 6.45) is 1.75. The molecule has 0 aliphatic carbocycles. The molecule has 17 heavy (non-hydrogen) atoms. The Bertz CT molecular complexity index is 502. The third-order valence-corrected chi connectivity index (χ3v) is 2.69. The van der Waals surface area contributed by atoms with Gasteiger partial charge in [0, 0.05) is 23.3 Å². The average molecular weight is 293 g/mol. The smallest absolute Gasteiger partial charge is 0.219 e. The fourth-order valence-corrected chi connectivity index (χ4v) is 1.85. The number of benzene rings is 1. The van der Waals surface area contributed by atoms with E-state index in [9.17, 15) is 0 Å². The molecule has 0 aliphatic heterocycles. The zero-order valence-corrected chi connectivity index (χ0v) is 11.1. The van der Waals surface area contributed by atoms with Crippen LogP contribution in [0.2, 0.25) is 0 Å². The van der Waals surface area contributed by atoms with Gasteiger partial charge in [-0.2, -0.15) is 0 Å². The molecule has 0 fully saturated rings. The summed E-state index contributed by atoms with van der Waals surface area (Å²) in [5.74, 6) is 1.38. The lowest BCUT2D eigenvalue weighted by atomic mass is 10.2. The summed E-state index contributed by atoms with van der Waals surface area (Å²) in [6.45, 7) is 0.803. The van der Waals surface area contributed by atoms with Crippen LogP contribution in [0.25, 0.3) is 0 Å². The normalized spacial score (nSPS) is 10.2. The molecule has 0 saturated carbocycles. The lowest BCUT2D eigenvalue weighted by Gasteiger charge is -2.06. The van der Waals surface area contributed by atoms with E-state index >= 15 is 0 Å². The summed E-state index contributed by atoms with van der Waals surface area (Å²) in [4.78, 5) is 4.18. The van der Waals surface area contributed by atoms with Crippen molar-refractivity contribution in [1.29, 1.82) is 0 Å². The van der Waals surface area contributed by atoms with Gasteiger partial charge in [-0.1, -0.05) is 22.0 Å². The summed E-state index contributed by atoms with van der Waals surface area (Å²) in [6, 6.07) is 11.6. The maximum absolute atomic E-state index is 5.68. The summed E-state index contributed by atoms with van der Waals surface area (Å²) in [7, 11) is 1.91. The quantitative estimate of drug-likeness (QED) is 0.938. The van der Waals surface area contributed by atoms with Crippen LogP contribution in [0, 0.1) is 0 Å². The number of aromatic nitrogens is 1. The molecular weight excluding hydrogens is 280 g/mol. The van der Waals surface area contributed by atoms with Crippen LogP contribution in [0.15, 0.2) is 47.1 Å². The highest BCUT2D eigenvalue weighted by Crippen LogP contribution is 2.23. The first-order chi connectivity index (χ1) is 8.28. The number of nitrogens with zero attached hydrogens (tertiary/aromatic N) is 1. The van der Waals surface area contributed by atoms with Gasteiger partial charge in [-0.15, -0.1) is 0 Å². The molecule has 4 heteroatoms. The largest absolute Gasteiger partial charge is 0.439 e. The number of nitrogens with one attached hydrogen (secondary N) is 1. The van der Waals surface area contributed by atoms with E-state index in [0.717, 1.165) is 22.3 Å². The Morgan fingerprint density at radius 1 is 1.29 bits per heavy atom. The first-order valence-corrected chi connectivity index (χ1v) is 6.10. The third-order valence-electron chi connectivity index (χ3n) is 2.20. The van der Waals surface area contributed by atoms with E-state index in [1.165, 1.54) is 0 Å². The van der Waals surface area contributed by atoms with Crippen LogP contribution in [-0.2, 0) is 6.54 Å². The molecule has 1 aromatic heterocycles. The zero-order chi connectivity index (χ0) is 12.1. The van der Waals surface area contributed by atoms with Gasteiger partial charge in [0.15, 0.2) is 0 Å². The Morgan fingerprint density at radius 2 is 2.18 bits per heavy atom. The fraction of sp³-hybridized carbons (Fsp3) is 0.154. The number of halogens is 1. The maximum Gasteiger partial charge on any atom is 0.219 e. The van der Waals surface area contributed by atoms with Gasteiger partial charge in [0.25, 0.3) is 0 Å². The third kappa shape index (κ3) is 3.54. The maximum atomic E-state index is 5.68. The van der Waals surface area contributed by atoms with Gasteiger partial charge in [-0.25, -0.2) is 4.98 Å².